The molecule has 1 N–H and O–H groups in total. The maximum atomic E-state index is 10.8. The highest BCUT2D eigenvalue weighted by Crippen LogP contribution is 2.28. The fourth-order valence-corrected chi connectivity index (χ4v) is 2.20. The number of hydrogen-bond donors (Lipinski definition) is 1. The van der Waals surface area contributed by atoms with Crippen LogP contribution in [0.3, 0.4) is 0 Å². The first-order valence-electron chi connectivity index (χ1n) is 6.23. The maximum absolute atomic E-state index is 10.8. The van der Waals surface area contributed by atoms with Crippen molar-refractivity contribution >= 4 is 5.97 Å². The monoisotopic (exact) mass is 233 g/mol. The third-order valence-electron chi connectivity index (χ3n) is 3.30. The lowest BCUT2D eigenvalue weighted by atomic mass is 10.0. The predicted octanol–water partition coefficient (Wildman–Crippen LogP) is 2.30. The number of carbonyl (C=O) groups is 1. The third-order valence-corrected chi connectivity index (χ3v) is 3.30. The summed E-state index contributed by atoms with van der Waals surface area (Å²) in [6, 6.07) is 8.59. The average molecular weight is 233 g/mol. The van der Waals surface area contributed by atoms with Gasteiger partial charge in [0.05, 0.1) is 6.42 Å². The average Bonchev–Trinajstić information content (AvgIpc) is 3.11. The second kappa shape index (κ2) is 5.32. The summed E-state index contributed by atoms with van der Waals surface area (Å²) < 4.78 is 0. The van der Waals surface area contributed by atoms with Gasteiger partial charge in [0.1, 0.15) is 0 Å². The van der Waals surface area contributed by atoms with Gasteiger partial charge in [0, 0.05) is 12.6 Å². The first-order chi connectivity index (χ1) is 8.20. The lowest BCUT2D eigenvalue weighted by molar-refractivity contribution is -0.136. The number of aliphatic carboxylic acids is 1. The van der Waals surface area contributed by atoms with Crippen molar-refractivity contribution in [2.75, 3.05) is 6.54 Å². The van der Waals surface area contributed by atoms with E-state index < -0.39 is 5.97 Å². The van der Waals surface area contributed by atoms with E-state index in [1.165, 1.54) is 12.8 Å². The number of carboxylic acids is 1. The molecule has 0 unspecified atom stereocenters. The second-order valence-corrected chi connectivity index (χ2v) is 4.63. The van der Waals surface area contributed by atoms with Crippen molar-refractivity contribution in [2.45, 2.75) is 38.8 Å². The molecule has 2 rings (SSSR count). The molecule has 17 heavy (non-hydrogen) atoms. The van der Waals surface area contributed by atoms with Crippen LogP contribution in [0.5, 0.6) is 0 Å². The molecule has 0 bridgehead atoms. The van der Waals surface area contributed by atoms with Gasteiger partial charge in [0.2, 0.25) is 0 Å². The minimum atomic E-state index is -0.757. The summed E-state index contributed by atoms with van der Waals surface area (Å²) in [5, 5.41) is 8.89. The van der Waals surface area contributed by atoms with Gasteiger partial charge in [-0.2, -0.15) is 0 Å². The second-order valence-electron chi connectivity index (χ2n) is 4.63. The topological polar surface area (TPSA) is 40.5 Å². The maximum Gasteiger partial charge on any atom is 0.307 e. The van der Waals surface area contributed by atoms with Crippen LogP contribution in [0.25, 0.3) is 0 Å². The quantitative estimate of drug-likeness (QED) is 0.819. The fraction of sp³-hybridized carbons (Fsp3) is 0.500. The minimum absolute atomic E-state index is 0.123. The smallest absolute Gasteiger partial charge is 0.307 e. The van der Waals surface area contributed by atoms with Crippen molar-refractivity contribution in [1.82, 2.24) is 4.90 Å². The van der Waals surface area contributed by atoms with Crippen molar-refractivity contribution in [2.24, 2.45) is 0 Å². The van der Waals surface area contributed by atoms with E-state index >= 15 is 0 Å². The molecule has 1 saturated carbocycles. The largest absolute Gasteiger partial charge is 0.481 e. The van der Waals surface area contributed by atoms with Crippen LogP contribution in [0, 0.1) is 0 Å². The van der Waals surface area contributed by atoms with Crippen molar-refractivity contribution in [1.29, 1.82) is 0 Å². The van der Waals surface area contributed by atoms with Gasteiger partial charge < -0.3 is 5.11 Å². The summed E-state index contributed by atoms with van der Waals surface area (Å²) in [5.41, 5.74) is 2.10. The molecule has 0 amide bonds. The summed E-state index contributed by atoms with van der Waals surface area (Å²) in [6.07, 6.45) is 2.70. The molecular formula is C14H19NO2. The Balaban J connectivity index is 2.10. The number of benzene rings is 1. The van der Waals surface area contributed by atoms with Crippen LogP contribution in [-0.4, -0.2) is 28.6 Å². The normalized spacial score (nSPS) is 15.2. The van der Waals surface area contributed by atoms with Gasteiger partial charge in [-0.1, -0.05) is 31.2 Å². The van der Waals surface area contributed by atoms with E-state index in [1.807, 2.05) is 24.3 Å². The molecule has 3 nitrogen and oxygen atoms in total. The van der Waals surface area contributed by atoms with Gasteiger partial charge in [0.25, 0.3) is 0 Å². The zero-order valence-corrected chi connectivity index (χ0v) is 10.2. The molecule has 0 spiro atoms. The van der Waals surface area contributed by atoms with Crippen molar-refractivity contribution in [3.05, 3.63) is 35.4 Å². The first-order valence-corrected chi connectivity index (χ1v) is 6.23. The molecular weight excluding hydrogens is 214 g/mol. The lowest BCUT2D eigenvalue weighted by Gasteiger charge is -2.21. The summed E-state index contributed by atoms with van der Waals surface area (Å²) >= 11 is 0. The highest BCUT2D eigenvalue weighted by molar-refractivity contribution is 5.70. The molecule has 0 atom stereocenters. The number of rotatable bonds is 6. The van der Waals surface area contributed by atoms with E-state index in [1.54, 1.807) is 0 Å². The number of carboxylic acid groups (broad SMARTS) is 1. The molecule has 3 heteroatoms. The molecule has 1 aliphatic carbocycles. The van der Waals surface area contributed by atoms with Crippen LogP contribution in [0.4, 0.5) is 0 Å². The summed E-state index contributed by atoms with van der Waals surface area (Å²) in [5.74, 6) is -0.757. The highest BCUT2D eigenvalue weighted by atomic mass is 16.4. The van der Waals surface area contributed by atoms with Gasteiger partial charge in [-0.25, -0.2) is 0 Å². The number of nitrogens with zero attached hydrogens (tertiary/aromatic N) is 1. The Labute approximate surface area is 102 Å². The van der Waals surface area contributed by atoms with Gasteiger partial charge >= 0.3 is 5.97 Å². The van der Waals surface area contributed by atoms with Gasteiger partial charge in [-0.15, -0.1) is 0 Å². The van der Waals surface area contributed by atoms with Crippen LogP contribution in [0.15, 0.2) is 24.3 Å². The first kappa shape index (κ1) is 12.1. The van der Waals surface area contributed by atoms with E-state index in [0.717, 1.165) is 30.3 Å². The summed E-state index contributed by atoms with van der Waals surface area (Å²) in [7, 11) is 0. The zero-order chi connectivity index (χ0) is 12.3. The van der Waals surface area contributed by atoms with Crippen LogP contribution >= 0.6 is 0 Å². The lowest BCUT2D eigenvalue weighted by Crippen LogP contribution is -2.25. The molecule has 1 aromatic carbocycles. The Morgan fingerprint density at radius 3 is 2.53 bits per heavy atom. The molecule has 0 aliphatic heterocycles. The standard InChI is InChI=1S/C14H19NO2/c1-2-15(13-7-8-13)10-12-6-4-3-5-11(12)9-14(16)17/h3-6,13H,2,7-10H2,1H3,(H,16,17). The highest BCUT2D eigenvalue weighted by Gasteiger charge is 2.28. The van der Waals surface area contributed by atoms with E-state index in [4.69, 9.17) is 5.11 Å². The van der Waals surface area contributed by atoms with Crippen LogP contribution in [-0.2, 0) is 17.8 Å². The van der Waals surface area contributed by atoms with E-state index in [-0.39, 0.29) is 6.42 Å². The van der Waals surface area contributed by atoms with E-state index in [2.05, 4.69) is 11.8 Å². The Hall–Kier alpha value is -1.35. The molecule has 0 heterocycles. The van der Waals surface area contributed by atoms with Crippen molar-refractivity contribution in [3.63, 3.8) is 0 Å². The Morgan fingerprint density at radius 1 is 1.35 bits per heavy atom. The molecule has 92 valence electrons. The Morgan fingerprint density at radius 2 is 2.00 bits per heavy atom. The van der Waals surface area contributed by atoms with Crippen molar-refractivity contribution < 1.29 is 9.90 Å². The Kier molecular flexibility index (Phi) is 3.79. The van der Waals surface area contributed by atoms with Gasteiger partial charge in [-0.05, 0) is 30.5 Å². The summed E-state index contributed by atoms with van der Waals surface area (Å²) in [6.45, 7) is 4.08. The third kappa shape index (κ3) is 3.30. The molecule has 1 fully saturated rings. The number of hydrogen-bond acceptors (Lipinski definition) is 2. The Bertz CT molecular complexity index is 399. The van der Waals surface area contributed by atoms with Crippen molar-refractivity contribution in [3.8, 4) is 0 Å². The predicted molar refractivity (Wildman–Crippen MR) is 66.9 cm³/mol. The molecule has 0 aromatic heterocycles. The van der Waals surface area contributed by atoms with Crippen LogP contribution in [0.1, 0.15) is 30.9 Å². The molecule has 0 saturated heterocycles. The van der Waals surface area contributed by atoms with Crippen LogP contribution in [0.2, 0.25) is 0 Å². The SMILES string of the molecule is CCN(Cc1ccccc1CC(=O)O)C1CC1. The fourth-order valence-electron chi connectivity index (χ4n) is 2.20. The van der Waals surface area contributed by atoms with Crippen LogP contribution < -0.4 is 0 Å². The van der Waals surface area contributed by atoms with E-state index in [0.29, 0.717) is 0 Å². The van der Waals surface area contributed by atoms with Gasteiger partial charge in [0.15, 0.2) is 0 Å². The molecule has 1 aliphatic rings. The molecule has 0 radical (unpaired) electrons. The van der Waals surface area contributed by atoms with E-state index in [9.17, 15) is 4.79 Å². The molecule has 1 aromatic rings. The zero-order valence-electron chi connectivity index (χ0n) is 10.2. The van der Waals surface area contributed by atoms with Gasteiger partial charge in [-0.3, -0.25) is 9.69 Å². The summed E-state index contributed by atoms with van der Waals surface area (Å²) in [4.78, 5) is 13.2. The minimum Gasteiger partial charge on any atom is -0.481 e.